The summed E-state index contributed by atoms with van der Waals surface area (Å²) in [6, 6.07) is 7.39. The lowest BCUT2D eigenvalue weighted by molar-refractivity contribution is 0.0527. The van der Waals surface area contributed by atoms with Gasteiger partial charge in [0.25, 0.3) is 5.91 Å². The highest BCUT2D eigenvalue weighted by Gasteiger charge is 2.15. The number of nitrogens with one attached hydrogen (secondary N) is 2. The first-order valence-electron chi connectivity index (χ1n) is 7.71. The summed E-state index contributed by atoms with van der Waals surface area (Å²) in [5.41, 5.74) is 1.16. The largest absolute Gasteiger partial charge is 0.444 e. The number of rotatable bonds is 6. The lowest BCUT2D eigenvalue weighted by Gasteiger charge is -2.19. The summed E-state index contributed by atoms with van der Waals surface area (Å²) >= 11 is 0. The molecule has 0 aromatic heterocycles. The van der Waals surface area contributed by atoms with Crippen LogP contribution in [0.15, 0.2) is 24.3 Å². The minimum absolute atomic E-state index is 0.118. The second-order valence-corrected chi connectivity index (χ2v) is 6.48. The van der Waals surface area contributed by atoms with Crippen molar-refractivity contribution in [1.82, 2.24) is 10.6 Å². The van der Waals surface area contributed by atoms with Crippen molar-refractivity contribution in [2.24, 2.45) is 0 Å². The van der Waals surface area contributed by atoms with Crippen molar-refractivity contribution in [1.29, 1.82) is 0 Å². The SMILES string of the molecule is CN(C)c1ccc(C(=O)NCCCNC(=O)OC(C)(C)C)cc1. The van der Waals surface area contributed by atoms with Crippen LogP contribution < -0.4 is 15.5 Å². The van der Waals surface area contributed by atoms with E-state index < -0.39 is 11.7 Å². The first-order valence-corrected chi connectivity index (χ1v) is 7.71. The maximum atomic E-state index is 12.0. The number of carbonyl (C=O) groups is 2. The molecule has 0 aliphatic heterocycles. The Morgan fingerprint density at radius 1 is 1.04 bits per heavy atom. The summed E-state index contributed by atoms with van der Waals surface area (Å²) in [5, 5.41) is 5.48. The molecular formula is C17H27N3O3. The van der Waals surface area contributed by atoms with Crippen LogP contribution in [0.1, 0.15) is 37.6 Å². The summed E-state index contributed by atoms with van der Waals surface area (Å²) in [4.78, 5) is 25.4. The molecule has 0 heterocycles. The van der Waals surface area contributed by atoms with E-state index in [1.165, 1.54) is 0 Å². The molecule has 0 saturated heterocycles. The third-order valence-electron chi connectivity index (χ3n) is 2.95. The van der Waals surface area contributed by atoms with E-state index >= 15 is 0 Å². The van der Waals surface area contributed by atoms with Crippen LogP contribution in [0.5, 0.6) is 0 Å². The molecule has 0 atom stereocenters. The fourth-order valence-corrected chi connectivity index (χ4v) is 1.81. The van der Waals surface area contributed by atoms with E-state index in [0.717, 1.165) is 5.69 Å². The second-order valence-electron chi connectivity index (χ2n) is 6.48. The molecule has 0 fully saturated rings. The summed E-state index contributed by atoms with van der Waals surface area (Å²) in [5.74, 6) is -0.118. The summed E-state index contributed by atoms with van der Waals surface area (Å²) in [6.45, 7) is 6.38. The van der Waals surface area contributed by atoms with Crippen LogP contribution in [0.25, 0.3) is 0 Å². The van der Waals surface area contributed by atoms with Gasteiger partial charge in [-0.1, -0.05) is 0 Å². The van der Waals surface area contributed by atoms with Gasteiger partial charge in [-0.25, -0.2) is 4.79 Å². The fraction of sp³-hybridized carbons (Fsp3) is 0.529. The summed E-state index contributed by atoms with van der Waals surface area (Å²) < 4.78 is 5.12. The van der Waals surface area contributed by atoms with Gasteiger partial charge in [-0.3, -0.25) is 4.79 Å². The van der Waals surface area contributed by atoms with Crippen LogP contribution >= 0.6 is 0 Å². The highest BCUT2D eigenvalue weighted by molar-refractivity contribution is 5.94. The Morgan fingerprint density at radius 2 is 1.61 bits per heavy atom. The molecular weight excluding hydrogens is 294 g/mol. The van der Waals surface area contributed by atoms with E-state index in [1.54, 1.807) is 12.1 Å². The van der Waals surface area contributed by atoms with Crippen molar-refractivity contribution in [2.45, 2.75) is 32.8 Å². The summed E-state index contributed by atoms with van der Waals surface area (Å²) in [6.07, 6.45) is 0.198. The Bertz CT molecular complexity index is 519. The number of benzene rings is 1. The van der Waals surface area contributed by atoms with Gasteiger partial charge in [0.15, 0.2) is 0 Å². The van der Waals surface area contributed by atoms with E-state index in [0.29, 0.717) is 25.1 Å². The van der Waals surface area contributed by atoms with Gasteiger partial charge in [0, 0.05) is 38.4 Å². The molecule has 0 aliphatic carbocycles. The molecule has 0 aliphatic rings. The lowest BCUT2D eigenvalue weighted by Crippen LogP contribution is -2.34. The third-order valence-corrected chi connectivity index (χ3v) is 2.95. The number of nitrogens with zero attached hydrogens (tertiary/aromatic N) is 1. The van der Waals surface area contributed by atoms with Gasteiger partial charge in [0.2, 0.25) is 0 Å². The van der Waals surface area contributed by atoms with E-state index in [4.69, 9.17) is 4.74 Å². The lowest BCUT2D eigenvalue weighted by atomic mass is 10.2. The smallest absolute Gasteiger partial charge is 0.407 e. The minimum atomic E-state index is -0.503. The highest BCUT2D eigenvalue weighted by atomic mass is 16.6. The molecule has 0 radical (unpaired) electrons. The van der Waals surface area contributed by atoms with Gasteiger partial charge >= 0.3 is 6.09 Å². The Balaban J connectivity index is 2.25. The molecule has 1 aromatic carbocycles. The maximum Gasteiger partial charge on any atom is 0.407 e. The second kappa shape index (κ2) is 8.41. The predicted octanol–water partition coefficient (Wildman–Crippen LogP) is 2.40. The standard InChI is InChI=1S/C17H27N3O3/c1-17(2,3)23-16(22)19-12-6-11-18-15(21)13-7-9-14(10-8-13)20(4)5/h7-10H,6,11-12H2,1-5H3,(H,18,21)(H,19,22). The van der Waals surface area contributed by atoms with Crippen molar-refractivity contribution in [2.75, 3.05) is 32.1 Å². The molecule has 0 unspecified atom stereocenters. The van der Waals surface area contributed by atoms with Gasteiger partial charge in [-0.15, -0.1) is 0 Å². The van der Waals surface area contributed by atoms with Crippen molar-refractivity contribution < 1.29 is 14.3 Å². The fourth-order valence-electron chi connectivity index (χ4n) is 1.81. The average Bonchev–Trinajstić information content (AvgIpc) is 2.45. The minimum Gasteiger partial charge on any atom is -0.444 e. The van der Waals surface area contributed by atoms with Gasteiger partial charge in [0.05, 0.1) is 0 Å². The van der Waals surface area contributed by atoms with E-state index in [-0.39, 0.29) is 5.91 Å². The Labute approximate surface area is 138 Å². The van der Waals surface area contributed by atoms with E-state index in [2.05, 4.69) is 10.6 Å². The molecule has 6 heteroatoms. The van der Waals surface area contributed by atoms with Crippen molar-refractivity contribution >= 4 is 17.7 Å². The van der Waals surface area contributed by atoms with Crippen LogP contribution in [-0.2, 0) is 4.74 Å². The highest BCUT2D eigenvalue weighted by Crippen LogP contribution is 2.12. The van der Waals surface area contributed by atoms with Gasteiger partial charge in [0.1, 0.15) is 5.60 Å². The normalized spacial score (nSPS) is 10.8. The van der Waals surface area contributed by atoms with Gasteiger partial charge < -0.3 is 20.3 Å². The van der Waals surface area contributed by atoms with Crippen LogP contribution in [-0.4, -0.2) is 44.8 Å². The third kappa shape index (κ3) is 7.54. The Kier molecular flexibility index (Phi) is 6.88. The van der Waals surface area contributed by atoms with Gasteiger partial charge in [-0.05, 0) is 51.5 Å². The zero-order valence-corrected chi connectivity index (χ0v) is 14.6. The molecule has 2 N–H and O–H groups in total. The molecule has 0 bridgehead atoms. The first kappa shape index (κ1) is 18.8. The zero-order valence-electron chi connectivity index (χ0n) is 14.6. The molecule has 23 heavy (non-hydrogen) atoms. The first-order chi connectivity index (χ1) is 10.7. The molecule has 1 rings (SSSR count). The number of anilines is 1. The van der Waals surface area contributed by atoms with Crippen LogP contribution in [0, 0.1) is 0 Å². The quantitative estimate of drug-likeness (QED) is 0.789. The molecule has 0 spiro atoms. The van der Waals surface area contributed by atoms with E-state index in [9.17, 15) is 9.59 Å². The van der Waals surface area contributed by atoms with Crippen molar-refractivity contribution in [3.05, 3.63) is 29.8 Å². The number of carbonyl (C=O) groups excluding carboxylic acids is 2. The summed E-state index contributed by atoms with van der Waals surface area (Å²) in [7, 11) is 3.90. The topological polar surface area (TPSA) is 70.7 Å². The molecule has 128 valence electrons. The number of hydrogen-bond donors (Lipinski definition) is 2. The molecule has 0 saturated carbocycles. The zero-order chi connectivity index (χ0) is 17.5. The molecule has 6 nitrogen and oxygen atoms in total. The van der Waals surface area contributed by atoms with Crippen LogP contribution in [0.2, 0.25) is 0 Å². The monoisotopic (exact) mass is 321 g/mol. The number of alkyl carbamates (subject to hydrolysis) is 1. The van der Waals surface area contributed by atoms with Crippen LogP contribution in [0.3, 0.4) is 0 Å². The molecule has 2 amide bonds. The number of amides is 2. The Hall–Kier alpha value is -2.24. The number of hydrogen-bond acceptors (Lipinski definition) is 4. The predicted molar refractivity (Wildman–Crippen MR) is 92.0 cm³/mol. The number of ether oxygens (including phenoxy) is 1. The Morgan fingerprint density at radius 3 is 2.13 bits per heavy atom. The maximum absolute atomic E-state index is 12.0. The van der Waals surface area contributed by atoms with Gasteiger partial charge in [-0.2, -0.15) is 0 Å². The average molecular weight is 321 g/mol. The van der Waals surface area contributed by atoms with Crippen molar-refractivity contribution in [3.63, 3.8) is 0 Å². The van der Waals surface area contributed by atoms with E-state index in [1.807, 2.05) is 51.9 Å². The van der Waals surface area contributed by atoms with Crippen LogP contribution in [0.4, 0.5) is 10.5 Å². The van der Waals surface area contributed by atoms with Crippen molar-refractivity contribution in [3.8, 4) is 0 Å². The molecule has 1 aromatic rings.